The molecule has 0 saturated carbocycles. The second kappa shape index (κ2) is 4.07. The summed E-state index contributed by atoms with van der Waals surface area (Å²) in [6.07, 6.45) is 0. The zero-order valence-electron chi connectivity index (χ0n) is 9.55. The van der Waals surface area contributed by atoms with Crippen LogP contribution in [0.15, 0.2) is 48.5 Å². The first-order chi connectivity index (χ1) is 8.74. The predicted octanol–water partition coefficient (Wildman–Crippen LogP) is 2.50. The molecule has 0 aliphatic carbocycles. The lowest BCUT2D eigenvalue weighted by Crippen LogP contribution is -2.31. The van der Waals surface area contributed by atoms with Crippen LogP contribution in [0.2, 0.25) is 0 Å². The van der Waals surface area contributed by atoms with Crippen molar-refractivity contribution in [1.29, 1.82) is 0 Å². The molecule has 1 amide bonds. The molecule has 4 nitrogen and oxygen atoms in total. The van der Waals surface area contributed by atoms with E-state index in [2.05, 4.69) is 10.6 Å². The number of benzene rings is 2. The lowest BCUT2D eigenvalue weighted by atomic mass is 10.0. The average Bonchev–Trinajstić information content (AvgIpc) is 2.39. The lowest BCUT2D eigenvalue weighted by molar-refractivity contribution is -0.117. The fourth-order valence-corrected chi connectivity index (χ4v) is 2.07. The van der Waals surface area contributed by atoms with E-state index >= 15 is 0 Å². The topological polar surface area (TPSA) is 61.4 Å². The van der Waals surface area contributed by atoms with Crippen molar-refractivity contribution in [2.24, 2.45) is 0 Å². The van der Waals surface area contributed by atoms with E-state index in [1.54, 1.807) is 12.1 Å². The molecule has 1 unspecified atom stereocenters. The van der Waals surface area contributed by atoms with Crippen LogP contribution >= 0.6 is 0 Å². The normalized spacial score (nSPS) is 17.6. The van der Waals surface area contributed by atoms with E-state index in [1.165, 1.54) is 6.07 Å². The van der Waals surface area contributed by atoms with E-state index in [0.717, 1.165) is 11.3 Å². The van der Waals surface area contributed by atoms with Gasteiger partial charge in [-0.25, -0.2) is 0 Å². The third-order valence-corrected chi connectivity index (χ3v) is 2.96. The first-order valence-corrected chi connectivity index (χ1v) is 5.69. The molecule has 4 heteroatoms. The number of hydrogen-bond acceptors (Lipinski definition) is 3. The van der Waals surface area contributed by atoms with Gasteiger partial charge in [-0.05, 0) is 17.7 Å². The summed E-state index contributed by atoms with van der Waals surface area (Å²) in [7, 11) is 0. The molecule has 0 radical (unpaired) electrons. The van der Waals surface area contributed by atoms with Gasteiger partial charge in [-0.2, -0.15) is 0 Å². The third-order valence-electron chi connectivity index (χ3n) is 2.96. The summed E-state index contributed by atoms with van der Waals surface area (Å²) in [6, 6.07) is 14.0. The van der Waals surface area contributed by atoms with Crippen LogP contribution in [0, 0.1) is 0 Å². The van der Waals surface area contributed by atoms with Crippen LogP contribution in [0.25, 0.3) is 0 Å². The van der Waals surface area contributed by atoms with Gasteiger partial charge in [0.25, 0.3) is 5.91 Å². The summed E-state index contributed by atoms with van der Waals surface area (Å²) in [6.45, 7) is 0. The Kier molecular flexibility index (Phi) is 2.41. The van der Waals surface area contributed by atoms with E-state index in [-0.39, 0.29) is 11.7 Å². The maximum absolute atomic E-state index is 12.0. The van der Waals surface area contributed by atoms with Gasteiger partial charge < -0.3 is 15.7 Å². The first-order valence-electron chi connectivity index (χ1n) is 5.69. The molecule has 1 heterocycles. The lowest BCUT2D eigenvalue weighted by Gasteiger charge is -2.27. The Morgan fingerprint density at radius 1 is 1.00 bits per heavy atom. The van der Waals surface area contributed by atoms with Gasteiger partial charge in [-0.3, -0.25) is 4.79 Å². The number of nitrogens with one attached hydrogen (secondary N) is 2. The first kappa shape index (κ1) is 10.7. The van der Waals surface area contributed by atoms with Crippen LogP contribution in [0.5, 0.6) is 5.75 Å². The second-order valence-electron chi connectivity index (χ2n) is 4.21. The highest BCUT2D eigenvalue weighted by molar-refractivity contribution is 6.03. The van der Waals surface area contributed by atoms with Gasteiger partial charge in [0.15, 0.2) is 0 Å². The van der Waals surface area contributed by atoms with E-state index in [9.17, 15) is 9.90 Å². The molecular formula is C14H12N2O2. The van der Waals surface area contributed by atoms with Crippen LogP contribution < -0.4 is 10.6 Å². The zero-order chi connectivity index (χ0) is 12.5. The number of aromatic hydroxyl groups is 1. The summed E-state index contributed by atoms with van der Waals surface area (Å²) in [4.78, 5) is 12.0. The van der Waals surface area contributed by atoms with Crippen molar-refractivity contribution in [2.75, 3.05) is 10.6 Å². The van der Waals surface area contributed by atoms with Gasteiger partial charge in [0.05, 0.1) is 11.4 Å². The van der Waals surface area contributed by atoms with Crippen molar-refractivity contribution in [1.82, 2.24) is 0 Å². The molecule has 0 spiro atoms. The number of fused-ring (bicyclic) bond motifs is 1. The highest BCUT2D eigenvalue weighted by Crippen LogP contribution is 2.34. The standard InChI is InChI=1S/C14H12N2O2/c17-10-6-7-11-12(8-10)16-14(18)13(15-11)9-4-2-1-3-5-9/h1-8,13,15,17H,(H,16,18). The van der Waals surface area contributed by atoms with Crippen LogP contribution in [0.3, 0.4) is 0 Å². The maximum Gasteiger partial charge on any atom is 0.251 e. The molecule has 0 aromatic heterocycles. The van der Waals surface area contributed by atoms with Crippen LogP contribution in [0.4, 0.5) is 11.4 Å². The Balaban J connectivity index is 1.97. The molecule has 3 rings (SSSR count). The van der Waals surface area contributed by atoms with Crippen LogP contribution in [-0.2, 0) is 4.79 Å². The highest BCUT2D eigenvalue weighted by atomic mass is 16.3. The molecule has 1 aliphatic heterocycles. The van der Waals surface area contributed by atoms with Gasteiger partial charge in [0.2, 0.25) is 0 Å². The Morgan fingerprint density at radius 3 is 2.56 bits per heavy atom. The van der Waals surface area contributed by atoms with E-state index in [0.29, 0.717) is 5.69 Å². The summed E-state index contributed by atoms with van der Waals surface area (Å²) < 4.78 is 0. The van der Waals surface area contributed by atoms with Crippen molar-refractivity contribution in [3.05, 3.63) is 54.1 Å². The summed E-state index contributed by atoms with van der Waals surface area (Å²) in [5, 5.41) is 15.3. The minimum absolute atomic E-state index is 0.126. The number of phenols is 1. The molecule has 0 fully saturated rings. The van der Waals surface area contributed by atoms with E-state index in [4.69, 9.17) is 0 Å². The number of rotatable bonds is 1. The molecule has 2 aromatic carbocycles. The Morgan fingerprint density at radius 2 is 1.78 bits per heavy atom. The number of carbonyl (C=O) groups is 1. The van der Waals surface area contributed by atoms with Crippen molar-refractivity contribution in [3.63, 3.8) is 0 Å². The second-order valence-corrected chi connectivity index (χ2v) is 4.21. The summed E-state index contributed by atoms with van der Waals surface area (Å²) >= 11 is 0. The Labute approximate surface area is 104 Å². The number of anilines is 2. The van der Waals surface area contributed by atoms with Gasteiger partial charge >= 0.3 is 0 Å². The van der Waals surface area contributed by atoms with Crippen molar-refractivity contribution >= 4 is 17.3 Å². The fraction of sp³-hybridized carbons (Fsp3) is 0.0714. The molecule has 1 atom stereocenters. The van der Waals surface area contributed by atoms with Gasteiger partial charge in [0.1, 0.15) is 11.8 Å². The minimum Gasteiger partial charge on any atom is -0.508 e. The molecule has 3 N–H and O–H groups in total. The summed E-state index contributed by atoms with van der Waals surface area (Å²) in [5.41, 5.74) is 2.32. The fourth-order valence-electron chi connectivity index (χ4n) is 2.07. The number of carbonyl (C=O) groups excluding carboxylic acids is 1. The number of hydrogen-bond donors (Lipinski definition) is 3. The van der Waals surface area contributed by atoms with Gasteiger partial charge in [-0.15, -0.1) is 0 Å². The Bertz CT molecular complexity index is 596. The van der Waals surface area contributed by atoms with Crippen LogP contribution in [-0.4, -0.2) is 11.0 Å². The predicted molar refractivity (Wildman–Crippen MR) is 69.5 cm³/mol. The Hall–Kier alpha value is -2.49. The van der Waals surface area contributed by atoms with E-state index < -0.39 is 6.04 Å². The quantitative estimate of drug-likeness (QED) is 0.671. The van der Waals surface area contributed by atoms with Crippen molar-refractivity contribution < 1.29 is 9.90 Å². The molecular weight excluding hydrogens is 228 g/mol. The third kappa shape index (κ3) is 1.78. The largest absolute Gasteiger partial charge is 0.508 e. The molecule has 90 valence electrons. The molecule has 2 aromatic rings. The smallest absolute Gasteiger partial charge is 0.251 e. The molecule has 0 bridgehead atoms. The van der Waals surface area contributed by atoms with Crippen molar-refractivity contribution in [3.8, 4) is 5.75 Å². The van der Waals surface area contributed by atoms with Gasteiger partial charge in [-0.1, -0.05) is 30.3 Å². The minimum atomic E-state index is -0.400. The maximum atomic E-state index is 12.0. The van der Waals surface area contributed by atoms with Crippen molar-refractivity contribution in [2.45, 2.75) is 6.04 Å². The van der Waals surface area contributed by atoms with Crippen LogP contribution in [0.1, 0.15) is 11.6 Å². The number of phenolic OH excluding ortho intramolecular Hbond substituents is 1. The zero-order valence-corrected chi connectivity index (χ0v) is 9.55. The average molecular weight is 240 g/mol. The number of amides is 1. The van der Waals surface area contributed by atoms with E-state index in [1.807, 2.05) is 30.3 Å². The molecule has 0 saturated heterocycles. The monoisotopic (exact) mass is 240 g/mol. The summed E-state index contributed by atoms with van der Waals surface area (Å²) in [5.74, 6) is 0.00770. The highest BCUT2D eigenvalue weighted by Gasteiger charge is 2.26. The molecule has 1 aliphatic rings. The molecule has 18 heavy (non-hydrogen) atoms. The SMILES string of the molecule is O=C1Nc2cc(O)ccc2NC1c1ccccc1. The van der Waals surface area contributed by atoms with Gasteiger partial charge in [0, 0.05) is 6.07 Å².